The predicted octanol–water partition coefficient (Wildman–Crippen LogP) is 3.39. The van der Waals surface area contributed by atoms with Crippen LogP contribution in [-0.4, -0.2) is 31.3 Å². The largest absolute Gasteiger partial charge is 0.421 e. The number of hydrogen-bond donors (Lipinski definition) is 4. The Morgan fingerprint density at radius 1 is 1.14 bits per heavy atom. The van der Waals surface area contributed by atoms with Crippen LogP contribution in [0, 0.1) is 5.82 Å². The molecule has 3 aromatic rings. The lowest BCUT2D eigenvalue weighted by molar-refractivity contribution is -0.137. The second kappa shape index (κ2) is 9.11. The van der Waals surface area contributed by atoms with Gasteiger partial charge < -0.3 is 16.0 Å². The van der Waals surface area contributed by atoms with Crippen molar-refractivity contribution in [2.24, 2.45) is 0 Å². The molecule has 0 spiro atoms. The van der Waals surface area contributed by atoms with Crippen molar-refractivity contribution in [2.45, 2.75) is 24.0 Å². The van der Waals surface area contributed by atoms with E-state index in [9.17, 15) is 30.8 Å². The van der Waals surface area contributed by atoms with Crippen LogP contribution in [0.5, 0.6) is 0 Å². The van der Waals surface area contributed by atoms with Gasteiger partial charge in [0.05, 0.1) is 11.3 Å². The highest BCUT2D eigenvalue weighted by molar-refractivity contribution is 7.89. The fourth-order valence-corrected chi connectivity index (χ4v) is 4.15. The number of carbonyl (C=O) groups excluding carboxylic acids is 1. The molecule has 0 bridgehead atoms. The quantitative estimate of drug-likeness (QED) is 0.359. The van der Waals surface area contributed by atoms with Crippen molar-refractivity contribution in [3.05, 3.63) is 65.1 Å². The van der Waals surface area contributed by atoms with Crippen LogP contribution in [0.1, 0.15) is 16.7 Å². The molecular weight excluding hydrogens is 492 g/mol. The monoisotopic (exact) mass is 510 g/mol. The fraction of sp³-hybridized carbons (Fsp3) is 0.190. The highest BCUT2D eigenvalue weighted by atomic mass is 32.2. The van der Waals surface area contributed by atoms with Gasteiger partial charge in [0.2, 0.25) is 21.9 Å². The van der Waals surface area contributed by atoms with Gasteiger partial charge in [-0.15, -0.1) is 0 Å². The zero-order valence-electron chi connectivity index (χ0n) is 18.0. The highest BCUT2D eigenvalue weighted by Gasteiger charge is 2.35. The van der Waals surface area contributed by atoms with Crippen LogP contribution < -0.4 is 20.7 Å². The molecule has 0 saturated carbocycles. The molecule has 35 heavy (non-hydrogen) atoms. The Labute approximate surface area is 197 Å². The number of anilines is 4. The average molecular weight is 510 g/mol. The second-order valence-corrected chi connectivity index (χ2v) is 9.38. The molecule has 1 aliphatic heterocycles. The Balaban J connectivity index is 1.61. The highest BCUT2D eigenvalue weighted by Crippen LogP contribution is 2.35. The first-order valence-electron chi connectivity index (χ1n) is 10.1. The van der Waals surface area contributed by atoms with Crippen molar-refractivity contribution in [1.82, 2.24) is 14.7 Å². The third-order valence-electron chi connectivity index (χ3n) is 5.12. The number of carbonyl (C=O) groups is 1. The molecule has 2 heterocycles. The summed E-state index contributed by atoms with van der Waals surface area (Å²) in [5.74, 6) is -1.79. The fourth-order valence-electron chi connectivity index (χ4n) is 3.37. The maximum atomic E-state index is 14.3. The van der Waals surface area contributed by atoms with Crippen molar-refractivity contribution in [3.63, 3.8) is 0 Å². The van der Waals surface area contributed by atoms with Gasteiger partial charge in [0.25, 0.3) is 0 Å². The van der Waals surface area contributed by atoms with Gasteiger partial charge in [-0.1, -0.05) is 0 Å². The molecule has 0 unspecified atom stereocenters. The van der Waals surface area contributed by atoms with E-state index in [0.717, 1.165) is 18.2 Å². The van der Waals surface area contributed by atoms with Crippen LogP contribution in [0.4, 0.5) is 40.7 Å². The van der Waals surface area contributed by atoms with Gasteiger partial charge in [-0.25, -0.2) is 22.5 Å². The van der Waals surface area contributed by atoms with Gasteiger partial charge in [-0.3, -0.25) is 4.79 Å². The standard InChI is InChI=1S/C21H18F4N6O3S/c1-26-35(33,34)14-3-4-16(22)12(7-14)9-27-19-15(21(23,24)25)10-28-20(31-19)29-13-2-5-17-11(6-13)8-18(32)30-17/h2-7,10,26H,8-9H2,1H3,(H,30,32)(H2,27,28,29,31). The van der Waals surface area contributed by atoms with Crippen LogP contribution in [0.15, 0.2) is 47.5 Å². The molecule has 9 nitrogen and oxygen atoms in total. The van der Waals surface area contributed by atoms with Crippen molar-refractivity contribution in [2.75, 3.05) is 23.0 Å². The summed E-state index contributed by atoms with van der Waals surface area (Å²) in [6.07, 6.45) is -4.07. The molecule has 0 saturated heterocycles. The minimum Gasteiger partial charge on any atom is -0.365 e. The van der Waals surface area contributed by atoms with Crippen LogP contribution >= 0.6 is 0 Å². The Hall–Kier alpha value is -3.78. The number of sulfonamides is 1. The van der Waals surface area contributed by atoms with E-state index in [1.165, 1.54) is 7.05 Å². The number of rotatable bonds is 7. The lowest BCUT2D eigenvalue weighted by Crippen LogP contribution is -2.19. The smallest absolute Gasteiger partial charge is 0.365 e. The first kappa shape index (κ1) is 24.3. The molecule has 1 aromatic heterocycles. The minimum atomic E-state index is -4.81. The van der Waals surface area contributed by atoms with Gasteiger partial charge >= 0.3 is 6.18 Å². The van der Waals surface area contributed by atoms with Crippen LogP contribution in [0.2, 0.25) is 0 Å². The summed E-state index contributed by atoms with van der Waals surface area (Å²) in [5.41, 5.74) is 0.421. The maximum absolute atomic E-state index is 14.3. The molecule has 14 heteroatoms. The Kier molecular flexibility index (Phi) is 6.34. The topological polar surface area (TPSA) is 125 Å². The van der Waals surface area contributed by atoms with Crippen LogP contribution in [0.3, 0.4) is 0 Å². The first-order chi connectivity index (χ1) is 16.5. The van der Waals surface area contributed by atoms with E-state index >= 15 is 0 Å². The number of benzene rings is 2. The van der Waals surface area contributed by atoms with Crippen molar-refractivity contribution in [3.8, 4) is 0 Å². The van der Waals surface area contributed by atoms with Gasteiger partial charge in [-0.05, 0) is 49.0 Å². The molecule has 0 fully saturated rings. The third kappa shape index (κ3) is 5.33. The summed E-state index contributed by atoms with van der Waals surface area (Å²) in [7, 11) is -2.71. The van der Waals surface area contributed by atoms with Crippen molar-refractivity contribution >= 4 is 39.1 Å². The van der Waals surface area contributed by atoms with E-state index in [-0.39, 0.29) is 28.7 Å². The van der Waals surface area contributed by atoms with Crippen LogP contribution in [0.25, 0.3) is 0 Å². The number of hydrogen-bond acceptors (Lipinski definition) is 7. The zero-order valence-corrected chi connectivity index (χ0v) is 18.8. The summed E-state index contributed by atoms with van der Waals surface area (Å²) in [4.78, 5) is 18.9. The summed E-state index contributed by atoms with van der Waals surface area (Å²) < 4.78 is 80.9. The Bertz CT molecular complexity index is 1410. The molecule has 1 aliphatic rings. The van der Waals surface area contributed by atoms with Crippen LogP contribution in [-0.2, 0) is 34.0 Å². The molecule has 184 valence electrons. The summed E-state index contributed by atoms with van der Waals surface area (Å²) >= 11 is 0. The number of nitrogens with zero attached hydrogens (tertiary/aromatic N) is 2. The molecule has 1 amide bonds. The number of alkyl halides is 3. The minimum absolute atomic E-state index is 0.166. The number of fused-ring (bicyclic) bond motifs is 1. The molecule has 0 radical (unpaired) electrons. The SMILES string of the molecule is CNS(=O)(=O)c1ccc(F)c(CNc2nc(Nc3ccc4c(c3)CC(=O)N4)ncc2C(F)(F)F)c1. The van der Waals surface area contributed by atoms with E-state index in [1.54, 1.807) is 18.2 Å². The van der Waals surface area contributed by atoms with E-state index in [2.05, 4.69) is 30.6 Å². The number of aromatic nitrogens is 2. The molecule has 4 N–H and O–H groups in total. The van der Waals surface area contributed by atoms with Gasteiger partial charge in [0.15, 0.2) is 0 Å². The number of nitrogens with one attached hydrogen (secondary N) is 4. The van der Waals surface area contributed by atoms with Gasteiger partial charge in [0, 0.05) is 29.7 Å². The Morgan fingerprint density at radius 2 is 1.91 bits per heavy atom. The van der Waals surface area contributed by atoms with Crippen molar-refractivity contribution < 1.29 is 30.8 Å². The zero-order chi connectivity index (χ0) is 25.4. The average Bonchev–Trinajstić information content (AvgIpc) is 3.17. The van der Waals surface area contributed by atoms with Gasteiger partial charge in [-0.2, -0.15) is 18.2 Å². The molecule has 0 atom stereocenters. The predicted molar refractivity (Wildman–Crippen MR) is 119 cm³/mol. The van der Waals surface area contributed by atoms with E-state index in [4.69, 9.17) is 0 Å². The number of halogens is 4. The maximum Gasteiger partial charge on any atom is 0.421 e. The van der Waals surface area contributed by atoms with Gasteiger partial charge in [0.1, 0.15) is 17.2 Å². The number of amides is 1. The van der Waals surface area contributed by atoms with E-state index in [1.807, 2.05) is 0 Å². The Morgan fingerprint density at radius 3 is 2.63 bits per heavy atom. The summed E-state index contributed by atoms with van der Waals surface area (Å²) in [5, 5.41) is 7.88. The van der Waals surface area contributed by atoms with E-state index in [0.29, 0.717) is 23.1 Å². The normalized spacial score (nSPS) is 13.3. The van der Waals surface area contributed by atoms with Crippen molar-refractivity contribution in [1.29, 1.82) is 0 Å². The molecular formula is C21H18F4N6O3S. The lowest BCUT2D eigenvalue weighted by Gasteiger charge is -2.15. The third-order valence-corrected chi connectivity index (χ3v) is 6.54. The second-order valence-electron chi connectivity index (χ2n) is 7.49. The van der Waals surface area contributed by atoms with E-state index < -0.39 is 39.9 Å². The summed E-state index contributed by atoms with van der Waals surface area (Å²) in [6, 6.07) is 7.85. The molecule has 2 aromatic carbocycles. The summed E-state index contributed by atoms with van der Waals surface area (Å²) in [6.45, 7) is -0.481. The first-order valence-corrected chi connectivity index (χ1v) is 11.5. The lowest BCUT2D eigenvalue weighted by atomic mass is 10.1. The molecule has 0 aliphatic carbocycles. The molecule has 4 rings (SSSR count).